The molecule has 0 radical (unpaired) electrons. The van der Waals surface area contributed by atoms with Gasteiger partial charge in [0, 0.05) is 35.1 Å². The van der Waals surface area contributed by atoms with Crippen LogP contribution in [0, 0.1) is 6.92 Å². The number of nitrogens with zero attached hydrogens (tertiary/aromatic N) is 2. The Labute approximate surface area is 148 Å². The minimum atomic E-state index is -0.302. The van der Waals surface area contributed by atoms with Crippen LogP contribution in [0.1, 0.15) is 30.9 Å². The molecule has 4 nitrogen and oxygen atoms in total. The summed E-state index contributed by atoms with van der Waals surface area (Å²) in [5.41, 5.74) is 2.22. The van der Waals surface area contributed by atoms with E-state index < -0.39 is 0 Å². The van der Waals surface area contributed by atoms with Crippen molar-refractivity contribution in [1.82, 2.24) is 9.80 Å². The quantitative estimate of drug-likeness (QED) is 0.793. The monoisotopic (exact) mass is 348 g/mol. The second-order valence-corrected chi connectivity index (χ2v) is 7.52. The minimum Gasteiger partial charge on any atom is -0.423 e. The van der Waals surface area contributed by atoms with Crippen LogP contribution in [0.2, 0.25) is 5.02 Å². The predicted octanol–water partition coefficient (Wildman–Crippen LogP) is 3.67. The molecular weight excluding hydrogens is 324 g/mol. The average Bonchev–Trinajstić information content (AvgIpc) is 2.51. The van der Waals surface area contributed by atoms with Gasteiger partial charge in [0.1, 0.15) is 5.58 Å². The standard InChI is InChI=1S/C19H25ClN2O2/c1-12-7-18-16(10-17(12)20)14(9-19(23)24-18)11-22(4)15-5-6-21(3)13(2)8-15/h7,9-10,13,15H,5-6,8,11H2,1-4H3. The number of fused-ring (bicyclic) bond motifs is 1. The lowest BCUT2D eigenvalue weighted by atomic mass is 9.97. The highest BCUT2D eigenvalue weighted by atomic mass is 35.5. The van der Waals surface area contributed by atoms with Crippen LogP contribution < -0.4 is 5.63 Å². The van der Waals surface area contributed by atoms with E-state index in [4.69, 9.17) is 16.0 Å². The van der Waals surface area contributed by atoms with Gasteiger partial charge in [0.25, 0.3) is 0 Å². The number of hydrogen-bond acceptors (Lipinski definition) is 4. The molecule has 24 heavy (non-hydrogen) atoms. The van der Waals surface area contributed by atoms with Crippen LogP contribution in [-0.4, -0.2) is 42.5 Å². The van der Waals surface area contributed by atoms with E-state index in [1.165, 1.54) is 0 Å². The average molecular weight is 349 g/mol. The van der Waals surface area contributed by atoms with Gasteiger partial charge in [-0.25, -0.2) is 4.79 Å². The summed E-state index contributed by atoms with van der Waals surface area (Å²) in [4.78, 5) is 16.7. The number of rotatable bonds is 3. The molecular formula is C19H25ClN2O2. The van der Waals surface area contributed by atoms with Crippen molar-refractivity contribution in [2.75, 3.05) is 20.6 Å². The summed E-state index contributed by atoms with van der Waals surface area (Å²) in [5, 5.41) is 1.63. The van der Waals surface area contributed by atoms with Crippen molar-refractivity contribution in [3.05, 3.63) is 44.8 Å². The smallest absolute Gasteiger partial charge is 0.336 e. The number of hydrogen-bond donors (Lipinski definition) is 0. The lowest BCUT2D eigenvalue weighted by Gasteiger charge is -2.39. The van der Waals surface area contributed by atoms with E-state index in [9.17, 15) is 4.79 Å². The fourth-order valence-electron chi connectivity index (χ4n) is 3.54. The Balaban J connectivity index is 1.89. The van der Waals surface area contributed by atoms with Gasteiger partial charge < -0.3 is 9.32 Å². The van der Waals surface area contributed by atoms with Crippen molar-refractivity contribution in [2.45, 2.75) is 45.3 Å². The molecule has 1 aliphatic rings. The van der Waals surface area contributed by atoms with Crippen molar-refractivity contribution in [2.24, 2.45) is 0 Å². The SMILES string of the molecule is Cc1cc2oc(=O)cc(CN(C)C3CCN(C)C(C)C3)c2cc1Cl. The van der Waals surface area contributed by atoms with Gasteiger partial charge in [0.2, 0.25) is 0 Å². The van der Waals surface area contributed by atoms with Crippen molar-refractivity contribution in [3.63, 3.8) is 0 Å². The van der Waals surface area contributed by atoms with Crippen LogP contribution in [0.25, 0.3) is 11.0 Å². The first kappa shape index (κ1) is 17.5. The van der Waals surface area contributed by atoms with E-state index in [0.717, 1.165) is 42.4 Å². The van der Waals surface area contributed by atoms with E-state index in [2.05, 4.69) is 30.8 Å². The Morgan fingerprint density at radius 3 is 2.83 bits per heavy atom. The van der Waals surface area contributed by atoms with Gasteiger partial charge in [-0.15, -0.1) is 0 Å². The van der Waals surface area contributed by atoms with Gasteiger partial charge in [-0.3, -0.25) is 4.90 Å². The molecule has 3 rings (SSSR count). The molecule has 0 aliphatic carbocycles. The lowest BCUT2D eigenvalue weighted by molar-refractivity contribution is 0.101. The molecule has 2 aromatic rings. The van der Waals surface area contributed by atoms with Gasteiger partial charge in [-0.05, 0) is 70.6 Å². The van der Waals surface area contributed by atoms with E-state index in [1.807, 2.05) is 19.1 Å². The molecule has 1 saturated heterocycles. The highest BCUT2D eigenvalue weighted by Crippen LogP contribution is 2.27. The highest BCUT2D eigenvalue weighted by molar-refractivity contribution is 6.32. The summed E-state index contributed by atoms with van der Waals surface area (Å²) < 4.78 is 5.36. The maximum atomic E-state index is 11.9. The first-order valence-corrected chi connectivity index (χ1v) is 8.86. The fraction of sp³-hybridized carbons (Fsp3) is 0.526. The molecule has 2 unspecified atom stereocenters. The van der Waals surface area contributed by atoms with Gasteiger partial charge >= 0.3 is 5.63 Å². The second-order valence-electron chi connectivity index (χ2n) is 7.11. The van der Waals surface area contributed by atoms with Gasteiger partial charge in [-0.2, -0.15) is 0 Å². The Hall–Kier alpha value is -1.36. The van der Waals surface area contributed by atoms with Crippen LogP contribution in [-0.2, 0) is 6.54 Å². The van der Waals surface area contributed by atoms with Crippen molar-refractivity contribution >= 4 is 22.6 Å². The topological polar surface area (TPSA) is 36.7 Å². The Morgan fingerprint density at radius 2 is 2.12 bits per heavy atom. The maximum absolute atomic E-state index is 11.9. The van der Waals surface area contributed by atoms with E-state index >= 15 is 0 Å². The zero-order valence-corrected chi connectivity index (χ0v) is 15.6. The molecule has 2 heterocycles. The Bertz CT molecular complexity index is 802. The third-order valence-electron chi connectivity index (χ3n) is 5.33. The van der Waals surface area contributed by atoms with Gasteiger partial charge in [0.15, 0.2) is 0 Å². The largest absolute Gasteiger partial charge is 0.423 e. The molecule has 1 fully saturated rings. The molecule has 130 valence electrons. The lowest BCUT2D eigenvalue weighted by Crippen LogP contribution is -2.46. The molecule has 1 aromatic carbocycles. The normalized spacial score (nSPS) is 22.4. The zero-order valence-electron chi connectivity index (χ0n) is 14.8. The third kappa shape index (κ3) is 3.51. The molecule has 0 amide bonds. The number of halogens is 1. The molecule has 0 saturated carbocycles. The summed E-state index contributed by atoms with van der Waals surface area (Å²) in [7, 11) is 4.32. The number of likely N-dealkylation sites (tertiary alicyclic amines) is 1. The van der Waals surface area contributed by atoms with Crippen molar-refractivity contribution < 1.29 is 4.42 Å². The number of benzene rings is 1. The summed E-state index contributed by atoms with van der Waals surface area (Å²) >= 11 is 6.28. The molecule has 0 N–H and O–H groups in total. The Kier molecular flexibility index (Phi) is 5.00. The fourth-order valence-corrected chi connectivity index (χ4v) is 3.71. The highest BCUT2D eigenvalue weighted by Gasteiger charge is 2.26. The first-order chi connectivity index (χ1) is 11.3. The molecule has 2 atom stereocenters. The zero-order chi connectivity index (χ0) is 17.4. The first-order valence-electron chi connectivity index (χ1n) is 8.48. The number of piperidine rings is 1. The Morgan fingerprint density at radius 1 is 1.38 bits per heavy atom. The molecule has 0 bridgehead atoms. The van der Waals surface area contributed by atoms with Crippen LogP contribution >= 0.6 is 11.6 Å². The number of aryl methyl sites for hydroxylation is 1. The molecule has 1 aromatic heterocycles. The molecule has 0 spiro atoms. The van der Waals surface area contributed by atoms with E-state index in [0.29, 0.717) is 22.7 Å². The molecule has 5 heteroatoms. The van der Waals surface area contributed by atoms with Crippen molar-refractivity contribution in [1.29, 1.82) is 0 Å². The summed E-state index contributed by atoms with van der Waals surface area (Å²) in [6, 6.07) is 6.47. The van der Waals surface area contributed by atoms with Gasteiger partial charge in [0.05, 0.1) is 0 Å². The predicted molar refractivity (Wildman–Crippen MR) is 98.8 cm³/mol. The minimum absolute atomic E-state index is 0.302. The van der Waals surface area contributed by atoms with Crippen LogP contribution in [0.5, 0.6) is 0 Å². The van der Waals surface area contributed by atoms with Crippen LogP contribution in [0.3, 0.4) is 0 Å². The summed E-state index contributed by atoms with van der Waals surface area (Å²) in [6.45, 7) is 6.02. The summed E-state index contributed by atoms with van der Waals surface area (Å²) in [6.07, 6.45) is 2.29. The molecule has 1 aliphatic heterocycles. The summed E-state index contributed by atoms with van der Waals surface area (Å²) in [5.74, 6) is 0. The van der Waals surface area contributed by atoms with Gasteiger partial charge in [-0.1, -0.05) is 11.6 Å². The van der Waals surface area contributed by atoms with Crippen LogP contribution in [0.4, 0.5) is 0 Å². The maximum Gasteiger partial charge on any atom is 0.336 e. The van der Waals surface area contributed by atoms with Crippen molar-refractivity contribution in [3.8, 4) is 0 Å². The van der Waals surface area contributed by atoms with E-state index in [-0.39, 0.29) is 5.63 Å². The second kappa shape index (κ2) is 6.87. The van der Waals surface area contributed by atoms with Crippen LogP contribution in [0.15, 0.2) is 27.4 Å². The third-order valence-corrected chi connectivity index (χ3v) is 5.74. The van der Waals surface area contributed by atoms with E-state index in [1.54, 1.807) is 6.07 Å².